The second-order valence-corrected chi connectivity index (χ2v) is 5.91. The minimum atomic E-state index is -0.204. The van der Waals surface area contributed by atoms with E-state index in [9.17, 15) is 4.79 Å². The van der Waals surface area contributed by atoms with Gasteiger partial charge in [-0.25, -0.2) is 9.97 Å². The number of para-hydroxylation sites is 1. The summed E-state index contributed by atoms with van der Waals surface area (Å²) in [6, 6.07) is 21.5. The molecule has 5 heteroatoms. The van der Waals surface area contributed by atoms with E-state index < -0.39 is 0 Å². The summed E-state index contributed by atoms with van der Waals surface area (Å²) in [6.45, 7) is 5.07. The lowest BCUT2D eigenvalue weighted by Gasteiger charge is -2.22. The van der Waals surface area contributed by atoms with Crippen molar-refractivity contribution in [3.8, 4) is 0 Å². The molecule has 26 heavy (non-hydrogen) atoms. The van der Waals surface area contributed by atoms with E-state index in [2.05, 4.69) is 27.1 Å². The van der Waals surface area contributed by atoms with Crippen LogP contribution in [-0.4, -0.2) is 22.4 Å². The Balaban J connectivity index is 1.81. The van der Waals surface area contributed by atoms with Gasteiger partial charge in [0.05, 0.1) is 0 Å². The summed E-state index contributed by atoms with van der Waals surface area (Å²) in [5.41, 5.74) is 2.45. The average Bonchev–Trinajstić information content (AvgIpc) is 2.68. The molecule has 3 aromatic rings. The van der Waals surface area contributed by atoms with Crippen molar-refractivity contribution >= 4 is 17.4 Å². The molecular weight excluding hydrogens is 324 g/mol. The normalized spacial score (nSPS) is 10.4. The molecule has 1 aromatic heterocycles. The molecule has 0 aliphatic carbocycles. The van der Waals surface area contributed by atoms with Gasteiger partial charge in [0.15, 0.2) is 0 Å². The molecule has 132 valence electrons. The Morgan fingerprint density at radius 2 is 1.65 bits per heavy atom. The number of aromatic nitrogens is 2. The molecule has 0 fully saturated rings. The van der Waals surface area contributed by atoms with E-state index in [4.69, 9.17) is 0 Å². The quantitative estimate of drug-likeness (QED) is 0.736. The number of hydrogen-bond donors (Lipinski definition) is 1. The second kappa shape index (κ2) is 8.25. The molecule has 1 amide bonds. The lowest BCUT2D eigenvalue weighted by molar-refractivity contribution is 0.0945. The van der Waals surface area contributed by atoms with E-state index in [-0.39, 0.29) is 5.91 Å². The van der Waals surface area contributed by atoms with Crippen molar-refractivity contribution in [3.63, 3.8) is 0 Å². The van der Waals surface area contributed by atoms with Crippen LogP contribution in [0.15, 0.2) is 66.7 Å². The highest BCUT2D eigenvalue weighted by atomic mass is 16.1. The highest BCUT2D eigenvalue weighted by Gasteiger charge is 2.15. The molecule has 0 bridgehead atoms. The highest BCUT2D eigenvalue weighted by Crippen LogP contribution is 2.23. The molecule has 0 radical (unpaired) electrons. The van der Waals surface area contributed by atoms with Crippen LogP contribution in [0.25, 0.3) is 0 Å². The molecule has 5 nitrogen and oxygen atoms in total. The highest BCUT2D eigenvalue weighted by molar-refractivity contribution is 5.93. The first-order valence-electron chi connectivity index (χ1n) is 8.67. The van der Waals surface area contributed by atoms with Crippen molar-refractivity contribution in [2.45, 2.75) is 20.4 Å². The molecule has 0 spiro atoms. The number of amides is 1. The SMILES string of the molecule is CCN(c1ccccc1)c1cc(C(=O)NCc2ccccc2)nc(C)n1. The first-order chi connectivity index (χ1) is 12.7. The smallest absolute Gasteiger partial charge is 0.270 e. The third-order valence-electron chi connectivity index (χ3n) is 4.01. The number of carbonyl (C=O) groups is 1. The zero-order valence-electron chi connectivity index (χ0n) is 15.0. The number of benzene rings is 2. The predicted octanol–water partition coefficient (Wildman–Crippen LogP) is 3.87. The van der Waals surface area contributed by atoms with E-state index in [1.807, 2.05) is 60.7 Å². The molecule has 0 saturated heterocycles. The van der Waals surface area contributed by atoms with Crippen molar-refractivity contribution in [2.75, 3.05) is 11.4 Å². The standard InChI is InChI=1S/C21H22N4O/c1-3-25(18-12-8-5-9-13-18)20-14-19(23-16(2)24-20)21(26)22-15-17-10-6-4-7-11-17/h4-14H,3,15H2,1-2H3,(H,22,26). The van der Waals surface area contributed by atoms with Gasteiger partial charge in [0.1, 0.15) is 17.3 Å². The van der Waals surface area contributed by atoms with Crippen LogP contribution in [0.5, 0.6) is 0 Å². The Kier molecular flexibility index (Phi) is 5.59. The second-order valence-electron chi connectivity index (χ2n) is 5.91. The zero-order chi connectivity index (χ0) is 18.4. The van der Waals surface area contributed by atoms with Crippen LogP contribution < -0.4 is 10.2 Å². The Morgan fingerprint density at radius 1 is 1.00 bits per heavy atom. The molecule has 0 atom stereocenters. The largest absolute Gasteiger partial charge is 0.347 e. The van der Waals surface area contributed by atoms with E-state index in [1.165, 1.54) is 0 Å². The van der Waals surface area contributed by atoms with E-state index >= 15 is 0 Å². The summed E-state index contributed by atoms with van der Waals surface area (Å²) in [5, 5.41) is 2.92. The minimum absolute atomic E-state index is 0.204. The number of aryl methyl sites for hydroxylation is 1. The lowest BCUT2D eigenvalue weighted by atomic mass is 10.2. The number of carbonyl (C=O) groups excluding carboxylic acids is 1. The third kappa shape index (κ3) is 4.25. The first kappa shape index (κ1) is 17.6. The van der Waals surface area contributed by atoms with Gasteiger partial charge in [-0.1, -0.05) is 48.5 Å². The van der Waals surface area contributed by atoms with Gasteiger partial charge in [-0.2, -0.15) is 0 Å². The maximum Gasteiger partial charge on any atom is 0.270 e. The fraction of sp³-hybridized carbons (Fsp3) is 0.190. The van der Waals surface area contributed by atoms with Gasteiger partial charge < -0.3 is 10.2 Å². The van der Waals surface area contributed by atoms with Gasteiger partial charge >= 0.3 is 0 Å². The summed E-state index contributed by atoms with van der Waals surface area (Å²) in [4.78, 5) is 23.4. The summed E-state index contributed by atoms with van der Waals surface area (Å²) in [6.07, 6.45) is 0. The van der Waals surface area contributed by atoms with Gasteiger partial charge in [-0.05, 0) is 31.5 Å². The molecule has 1 heterocycles. The van der Waals surface area contributed by atoms with E-state index in [0.29, 0.717) is 18.1 Å². The number of nitrogens with zero attached hydrogens (tertiary/aromatic N) is 3. The fourth-order valence-electron chi connectivity index (χ4n) is 2.76. The Hall–Kier alpha value is -3.21. The number of rotatable bonds is 6. The van der Waals surface area contributed by atoms with Gasteiger partial charge in [-0.15, -0.1) is 0 Å². The fourth-order valence-corrected chi connectivity index (χ4v) is 2.76. The van der Waals surface area contributed by atoms with E-state index in [0.717, 1.165) is 23.6 Å². The van der Waals surface area contributed by atoms with Crippen molar-refractivity contribution in [1.29, 1.82) is 0 Å². The van der Waals surface area contributed by atoms with Gasteiger partial charge in [0.25, 0.3) is 5.91 Å². The minimum Gasteiger partial charge on any atom is -0.347 e. The molecule has 2 aromatic carbocycles. The molecule has 1 N–H and O–H groups in total. The molecule has 0 aliphatic heterocycles. The first-order valence-corrected chi connectivity index (χ1v) is 8.67. The van der Waals surface area contributed by atoms with Crippen LogP contribution in [0.4, 0.5) is 11.5 Å². The monoisotopic (exact) mass is 346 g/mol. The van der Waals surface area contributed by atoms with Crippen molar-refractivity contribution in [3.05, 3.63) is 83.8 Å². The molecular formula is C21H22N4O. The zero-order valence-corrected chi connectivity index (χ0v) is 15.0. The number of hydrogen-bond acceptors (Lipinski definition) is 4. The Labute approximate surface area is 153 Å². The maximum atomic E-state index is 12.5. The molecule has 0 unspecified atom stereocenters. The van der Waals surface area contributed by atoms with Crippen LogP contribution in [-0.2, 0) is 6.54 Å². The molecule has 0 aliphatic rings. The van der Waals surface area contributed by atoms with Gasteiger partial charge in [-0.3, -0.25) is 4.79 Å². The van der Waals surface area contributed by atoms with Crippen molar-refractivity contribution < 1.29 is 4.79 Å². The summed E-state index contributed by atoms with van der Waals surface area (Å²) < 4.78 is 0. The van der Waals surface area contributed by atoms with Gasteiger partial charge in [0, 0.05) is 24.8 Å². The lowest BCUT2D eigenvalue weighted by Crippen LogP contribution is -2.25. The van der Waals surface area contributed by atoms with Gasteiger partial charge in [0.2, 0.25) is 0 Å². The maximum absolute atomic E-state index is 12.5. The van der Waals surface area contributed by atoms with E-state index in [1.54, 1.807) is 13.0 Å². The van der Waals surface area contributed by atoms with Crippen LogP contribution >= 0.6 is 0 Å². The molecule has 3 rings (SSSR count). The number of nitrogens with one attached hydrogen (secondary N) is 1. The Morgan fingerprint density at radius 3 is 2.31 bits per heavy atom. The Bertz CT molecular complexity index is 866. The van der Waals surface area contributed by atoms with Crippen LogP contribution in [0.1, 0.15) is 28.8 Å². The molecule has 0 saturated carbocycles. The summed E-state index contributed by atoms with van der Waals surface area (Å²) >= 11 is 0. The average molecular weight is 346 g/mol. The third-order valence-corrected chi connectivity index (χ3v) is 4.01. The van der Waals surface area contributed by atoms with Crippen LogP contribution in [0.3, 0.4) is 0 Å². The summed E-state index contributed by atoms with van der Waals surface area (Å²) in [5.74, 6) is 1.09. The topological polar surface area (TPSA) is 58.1 Å². The van der Waals surface area contributed by atoms with Crippen LogP contribution in [0.2, 0.25) is 0 Å². The summed E-state index contributed by atoms with van der Waals surface area (Å²) in [7, 11) is 0. The van der Waals surface area contributed by atoms with Crippen molar-refractivity contribution in [2.24, 2.45) is 0 Å². The number of anilines is 2. The predicted molar refractivity (Wildman–Crippen MR) is 104 cm³/mol. The van der Waals surface area contributed by atoms with Crippen molar-refractivity contribution in [1.82, 2.24) is 15.3 Å². The van der Waals surface area contributed by atoms with Crippen LogP contribution in [0, 0.1) is 6.92 Å².